The van der Waals surface area contributed by atoms with E-state index in [-0.39, 0.29) is 6.03 Å². The molecule has 0 atom stereocenters. The standard InChI is InChI=1S/C15H22ClN3O/c1-2-3-8-18-9-11-19(12-10-18)15(20)17-14-6-4-13(16)5-7-14/h4-7H,2-3,8-12H2,1H3,(H,17,20). The van der Waals surface area contributed by atoms with Crippen molar-refractivity contribution in [1.82, 2.24) is 9.80 Å². The van der Waals surface area contributed by atoms with Crippen LogP contribution in [0.3, 0.4) is 0 Å². The average molecular weight is 296 g/mol. The van der Waals surface area contributed by atoms with Crippen molar-refractivity contribution in [3.05, 3.63) is 29.3 Å². The van der Waals surface area contributed by atoms with E-state index in [1.165, 1.54) is 12.8 Å². The first-order chi connectivity index (χ1) is 9.69. The second-order valence-electron chi connectivity index (χ2n) is 5.12. The molecule has 1 N–H and O–H groups in total. The lowest BCUT2D eigenvalue weighted by molar-refractivity contribution is 0.146. The van der Waals surface area contributed by atoms with Crippen LogP contribution in [0.2, 0.25) is 5.02 Å². The topological polar surface area (TPSA) is 35.6 Å². The summed E-state index contributed by atoms with van der Waals surface area (Å²) >= 11 is 5.83. The lowest BCUT2D eigenvalue weighted by Gasteiger charge is -2.34. The maximum atomic E-state index is 12.1. The van der Waals surface area contributed by atoms with Gasteiger partial charge in [-0.2, -0.15) is 0 Å². The SMILES string of the molecule is CCCCN1CCN(C(=O)Nc2ccc(Cl)cc2)CC1. The van der Waals surface area contributed by atoms with Gasteiger partial charge in [-0.25, -0.2) is 4.79 Å². The largest absolute Gasteiger partial charge is 0.322 e. The summed E-state index contributed by atoms with van der Waals surface area (Å²) in [6, 6.07) is 7.16. The van der Waals surface area contributed by atoms with Crippen molar-refractivity contribution in [3.63, 3.8) is 0 Å². The maximum absolute atomic E-state index is 12.1. The predicted octanol–water partition coefficient (Wildman–Crippen LogP) is 3.29. The Hall–Kier alpha value is -1.26. The summed E-state index contributed by atoms with van der Waals surface area (Å²) < 4.78 is 0. The molecule has 0 aliphatic carbocycles. The lowest BCUT2D eigenvalue weighted by atomic mass is 10.2. The molecule has 2 rings (SSSR count). The quantitative estimate of drug-likeness (QED) is 0.925. The number of unbranched alkanes of at least 4 members (excludes halogenated alkanes) is 1. The van der Waals surface area contributed by atoms with Crippen molar-refractivity contribution in [1.29, 1.82) is 0 Å². The summed E-state index contributed by atoms with van der Waals surface area (Å²) in [5.41, 5.74) is 0.785. The second-order valence-corrected chi connectivity index (χ2v) is 5.56. The van der Waals surface area contributed by atoms with Gasteiger partial charge < -0.3 is 10.2 Å². The fourth-order valence-electron chi connectivity index (χ4n) is 2.29. The van der Waals surface area contributed by atoms with Crippen LogP contribution in [0.5, 0.6) is 0 Å². The van der Waals surface area contributed by atoms with E-state index in [4.69, 9.17) is 11.6 Å². The number of rotatable bonds is 4. The molecule has 1 aliphatic heterocycles. The molecule has 0 saturated carbocycles. The number of piperazine rings is 1. The number of carbonyl (C=O) groups excluding carboxylic acids is 1. The van der Waals surface area contributed by atoms with Crippen molar-refractivity contribution in [3.8, 4) is 0 Å². The molecule has 0 unspecified atom stereocenters. The van der Waals surface area contributed by atoms with Gasteiger partial charge in [-0.05, 0) is 37.2 Å². The third-order valence-electron chi connectivity index (χ3n) is 3.58. The third kappa shape index (κ3) is 4.39. The van der Waals surface area contributed by atoms with Gasteiger partial charge in [-0.1, -0.05) is 24.9 Å². The molecule has 1 aliphatic rings. The molecule has 5 heteroatoms. The molecule has 0 aromatic heterocycles. The summed E-state index contributed by atoms with van der Waals surface area (Å²) in [6.07, 6.45) is 2.45. The van der Waals surface area contributed by atoms with E-state index in [2.05, 4.69) is 17.1 Å². The first-order valence-electron chi connectivity index (χ1n) is 7.23. The highest BCUT2D eigenvalue weighted by atomic mass is 35.5. The Morgan fingerprint density at radius 3 is 2.45 bits per heavy atom. The monoisotopic (exact) mass is 295 g/mol. The van der Waals surface area contributed by atoms with Crippen LogP contribution in [-0.2, 0) is 0 Å². The zero-order valence-corrected chi connectivity index (χ0v) is 12.7. The molecule has 0 radical (unpaired) electrons. The first kappa shape index (κ1) is 15.1. The summed E-state index contributed by atoms with van der Waals surface area (Å²) in [6.45, 7) is 6.87. The molecule has 0 spiro atoms. The molecule has 1 fully saturated rings. The van der Waals surface area contributed by atoms with Crippen LogP contribution in [0.4, 0.5) is 10.5 Å². The van der Waals surface area contributed by atoms with E-state index in [0.717, 1.165) is 38.4 Å². The normalized spacial score (nSPS) is 16.2. The van der Waals surface area contributed by atoms with Crippen molar-refractivity contribution in [2.45, 2.75) is 19.8 Å². The fraction of sp³-hybridized carbons (Fsp3) is 0.533. The van der Waals surface area contributed by atoms with Gasteiger partial charge in [0.25, 0.3) is 0 Å². The summed E-state index contributed by atoms with van der Waals surface area (Å²) in [4.78, 5) is 16.4. The van der Waals surface area contributed by atoms with Gasteiger partial charge in [0, 0.05) is 36.9 Å². The fourth-order valence-corrected chi connectivity index (χ4v) is 2.42. The highest BCUT2D eigenvalue weighted by Gasteiger charge is 2.20. The number of hydrogen-bond donors (Lipinski definition) is 1. The van der Waals surface area contributed by atoms with E-state index in [1.54, 1.807) is 12.1 Å². The van der Waals surface area contributed by atoms with Crippen LogP contribution < -0.4 is 5.32 Å². The number of nitrogens with zero attached hydrogens (tertiary/aromatic N) is 2. The lowest BCUT2D eigenvalue weighted by Crippen LogP contribution is -2.50. The van der Waals surface area contributed by atoms with E-state index in [9.17, 15) is 4.79 Å². The zero-order valence-electron chi connectivity index (χ0n) is 11.9. The molecule has 1 aromatic rings. The van der Waals surface area contributed by atoms with Gasteiger partial charge in [0.2, 0.25) is 0 Å². The molecular formula is C15H22ClN3O. The molecular weight excluding hydrogens is 274 g/mol. The number of urea groups is 1. The van der Waals surface area contributed by atoms with Crippen LogP contribution >= 0.6 is 11.6 Å². The summed E-state index contributed by atoms with van der Waals surface area (Å²) in [5, 5.41) is 3.58. The van der Waals surface area contributed by atoms with Crippen LogP contribution in [0.1, 0.15) is 19.8 Å². The average Bonchev–Trinajstić information content (AvgIpc) is 2.48. The third-order valence-corrected chi connectivity index (χ3v) is 3.83. The van der Waals surface area contributed by atoms with Gasteiger partial charge in [-0.3, -0.25) is 4.90 Å². The van der Waals surface area contributed by atoms with Crippen molar-refractivity contribution in [2.75, 3.05) is 38.0 Å². The summed E-state index contributed by atoms with van der Waals surface area (Å²) in [5.74, 6) is 0. The Morgan fingerprint density at radius 1 is 1.20 bits per heavy atom. The highest BCUT2D eigenvalue weighted by Crippen LogP contribution is 2.14. The van der Waals surface area contributed by atoms with E-state index in [0.29, 0.717) is 5.02 Å². The molecule has 1 saturated heterocycles. The van der Waals surface area contributed by atoms with E-state index >= 15 is 0 Å². The molecule has 2 amide bonds. The highest BCUT2D eigenvalue weighted by molar-refractivity contribution is 6.30. The molecule has 20 heavy (non-hydrogen) atoms. The minimum absolute atomic E-state index is 0.0255. The maximum Gasteiger partial charge on any atom is 0.321 e. The molecule has 1 heterocycles. The number of carbonyl (C=O) groups is 1. The number of anilines is 1. The van der Waals surface area contributed by atoms with Crippen molar-refractivity contribution in [2.24, 2.45) is 0 Å². The number of halogens is 1. The molecule has 1 aromatic carbocycles. The molecule has 110 valence electrons. The van der Waals surface area contributed by atoms with Crippen LogP contribution in [0.25, 0.3) is 0 Å². The van der Waals surface area contributed by atoms with E-state index in [1.807, 2.05) is 17.0 Å². The van der Waals surface area contributed by atoms with Gasteiger partial charge in [0.05, 0.1) is 0 Å². The van der Waals surface area contributed by atoms with Crippen molar-refractivity contribution >= 4 is 23.3 Å². The summed E-state index contributed by atoms with van der Waals surface area (Å²) in [7, 11) is 0. The van der Waals surface area contributed by atoms with Gasteiger partial charge >= 0.3 is 6.03 Å². The Balaban J connectivity index is 1.78. The van der Waals surface area contributed by atoms with Gasteiger partial charge in [-0.15, -0.1) is 0 Å². The number of hydrogen-bond acceptors (Lipinski definition) is 2. The zero-order chi connectivity index (χ0) is 14.4. The number of benzene rings is 1. The number of nitrogens with one attached hydrogen (secondary N) is 1. The molecule has 0 bridgehead atoms. The Kier molecular flexibility index (Phi) is 5.68. The van der Waals surface area contributed by atoms with Crippen LogP contribution in [0.15, 0.2) is 24.3 Å². The second kappa shape index (κ2) is 7.50. The van der Waals surface area contributed by atoms with Gasteiger partial charge in [0.1, 0.15) is 0 Å². The Bertz CT molecular complexity index is 427. The Morgan fingerprint density at radius 2 is 1.85 bits per heavy atom. The van der Waals surface area contributed by atoms with Crippen LogP contribution in [-0.4, -0.2) is 48.6 Å². The number of amides is 2. The van der Waals surface area contributed by atoms with Crippen LogP contribution in [0, 0.1) is 0 Å². The van der Waals surface area contributed by atoms with Crippen molar-refractivity contribution < 1.29 is 4.79 Å². The van der Waals surface area contributed by atoms with Gasteiger partial charge in [0.15, 0.2) is 0 Å². The predicted molar refractivity (Wildman–Crippen MR) is 83.4 cm³/mol. The molecule has 4 nitrogen and oxygen atoms in total. The van der Waals surface area contributed by atoms with E-state index < -0.39 is 0 Å². The Labute approximate surface area is 125 Å². The minimum atomic E-state index is -0.0255. The first-order valence-corrected chi connectivity index (χ1v) is 7.60. The minimum Gasteiger partial charge on any atom is -0.322 e. The smallest absolute Gasteiger partial charge is 0.321 e.